The quantitative estimate of drug-likeness (QED) is 0.227. The lowest BCUT2D eigenvalue weighted by Gasteiger charge is -2.15. The average molecular weight is 487 g/mol. The van der Waals surface area contributed by atoms with Crippen molar-refractivity contribution in [3.8, 4) is 5.69 Å². The van der Waals surface area contributed by atoms with Crippen LogP contribution in [-0.2, 0) is 11.0 Å². The molecule has 174 valence electrons. The Bertz CT molecular complexity index is 1450. The third-order valence-corrected chi connectivity index (χ3v) is 5.90. The van der Waals surface area contributed by atoms with Crippen LogP contribution >= 0.6 is 11.8 Å². The van der Waals surface area contributed by atoms with Gasteiger partial charge in [0.05, 0.1) is 27.9 Å². The van der Waals surface area contributed by atoms with Crippen molar-refractivity contribution in [2.24, 2.45) is 0 Å². The maximum atomic E-state index is 13.7. The summed E-state index contributed by atoms with van der Waals surface area (Å²) in [6.07, 6.45) is -4.60. The summed E-state index contributed by atoms with van der Waals surface area (Å²) >= 11 is 0.884. The van der Waals surface area contributed by atoms with Crippen molar-refractivity contribution in [3.05, 3.63) is 94.0 Å². The van der Waals surface area contributed by atoms with Crippen LogP contribution < -0.4 is 10.9 Å². The van der Waals surface area contributed by atoms with Crippen LogP contribution in [0.25, 0.3) is 16.6 Å². The maximum absolute atomic E-state index is 13.7. The smallest absolute Gasteiger partial charge is 0.325 e. The molecule has 4 rings (SSSR count). The van der Waals surface area contributed by atoms with Gasteiger partial charge in [0.2, 0.25) is 5.91 Å². The van der Waals surface area contributed by atoms with Gasteiger partial charge in [0.1, 0.15) is 5.82 Å². The SMILES string of the molecule is Cc1ccc(NC(=O)CSc2nc3ccccc3c(=O)n2-c2cccc(C(F)(F)F)c2)cc1F. The molecule has 1 amide bonds. The number of amides is 1. The highest BCUT2D eigenvalue weighted by molar-refractivity contribution is 7.99. The molecule has 0 aliphatic rings. The van der Waals surface area contributed by atoms with Crippen LogP contribution in [0.15, 0.2) is 76.7 Å². The molecule has 10 heteroatoms. The van der Waals surface area contributed by atoms with Crippen molar-refractivity contribution in [3.63, 3.8) is 0 Å². The Morgan fingerprint density at radius 3 is 2.56 bits per heavy atom. The molecule has 0 aliphatic heterocycles. The van der Waals surface area contributed by atoms with Gasteiger partial charge in [-0.15, -0.1) is 0 Å². The number of halogens is 4. The van der Waals surface area contributed by atoms with Crippen LogP contribution in [0, 0.1) is 12.7 Å². The molecule has 4 aromatic rings. The van der Waals surface area contributed by atoms with Crippen LogP contribution in [-0.4, -0.2) is 21.2 Å². The Morgan fingerprint density at radius 2 is 1.82 bits per heavy atom. The number of anilines is 1. The number of benzene rings is 3. The second-order valence-corrected chi connectivity index (χ2v) is 8.34. The van der Waals surface area contributed by atoms with E-state index in [-0.39, 0.29) is 27.7 Å². The molecule has 1 heterocycles. The molecule has 0 saturated heterocycles. The van der Waals surface area contributed by atoms with Crippen LogP contribution in [0.2, 0.25) is 0 Å². The number of carbonyl (C=O) groups excluding carboxylic acids is 1. The minimum atomic E-state index is -4.60. The normalized spacial score (nSPS) is 11.6. The van der Waals surface area contributed by atoms with Crippen LogP contribution in [0.5, 0.6) is 0 Å². The topological polar surface area (TPSA) is 64.0 Å². The summed E-state index contributed by atoms with van der Waals surface area (Å²) in [5.41, 5.74) is -0.470. The number of rotatable bonds is 5. The first kappa shape index (κ1) is 23.5. The summed E-state index contributed by atoms with van der Waals surface area (Å²) < 4.78 is 54.6. The van der Waals surface area contributed by atoms with Crippen LogP contribution in [0.4, 0.5) is 23.2 Å². The number of nitrogens with one attached hydrogen (secondary N) is 1. The number of carbonyl (C=O) groups is 1. The van der Waals surface area contributed by atoms with Gasteiger partial charge in [-0.05, 0) is 55.0 Å². The van der Waals surface area contributed by atoms with Crippen molar-refractivity contribution in [1.29, 1.82) is 0 Å². The molecule has 0 bridgehead atoms. The van der Waals surface area contributed by atoms with E-state index in [2.05, 4.69) is 10.3 Å². The molecule has 34 heavy (non-hydrogen) atoms. The maximum Gasteiger partial charge on any atom is 0.416 e. The van der Waals surface area contributed by atoms with Crippen molar-refractivity contribution >= 4 is 34.3 Å². The van der Waals surface area contributed by atoms with Gasteiger partial charge in [0.15, 0.2) is 5.16 Å². The van der Waals surface area contributed by atoms with Crippen molar-refractivity contribution in [1.82, 2.24) is 9.55 Å². The summed E-state index contributed by atoms with van der Waals surface area (Å²) in [5, 5.41) is 2.83. The van der Waals surface area contributed by atoms with Crippen molar-refractivity contribution in [2.75, 3.05) is 11.1 Å². The lowest BCUT2D eigenvalue weighted by molar-refractivity contribution is -0.137. The molecule has 0 spiro atoms. The molecule has 0 fully saturated rings. The van der Waals surface area contributed by atoms with E-state index in [1.807, 2.05) is 0 Å². The third-order valence-electron chi connectivity index (χ3n) is 4.96. The summed E-state index contributed by atoms with van der Waals surface area (Å²) in [4.78, 5) is 30.1. The van der Waals surface area contributed by atoms with Gasteiger partial charge >= 0.3 is 6.18 Å². The van der Waals surface area contributed by atoms with Gasteiger partial charge in [-0.2, -0.15) is 13.2 Å². The Balaban J connectivity index is 1.70. The zero-order chi connectivity index (χ0) is 24.5. The molecule has 1 aromatic heterocycles. The molecule has 0 aliphatic carbocycles. The van der Waals surface area contributed by atoms with E-state index in [9.17, 15) is 27.2 Å². The number of alkyl halides is 3. The zero-order valence-electron chi connectivity index (χ0n) is 17.7. The summed E-state index contributed by atoms with van der Waals surface area (Å²) in [6.45, 7) is 1.59. The van der Waals surface area contributed by atoms with E-state index in [1.54, 1.807) is 31.2 Å². The Kier molecular flexibility index (Phi) is 6.43. The zero-order valence-corrected chi connectivity index (χ0v) is 18.5. The van der Waals surface area contributed by atoms with Crippen LogP contribution in [0.3, 0.4) is 0 Å². The lowest BCUT2D eigenvalue weighted by atomic mass is 10.2. The fraction of sp³-hybridized carbons (Fsp3) is 0.125. The van der Waals surface area contributed by atoms with E-state index in [4.69, 9.17) is 0 Å². The standard InChI is InChI=1S/C24H17F4N3O2S/c1-14-9-10-16(12-19(14)25)29-21(32)13-34-23-30-20-8-3-2-7-18(20)22(33)31(23)17-6-4-5-15(11-17)24(26,27)28/h2-12H,13H2,1H3,(H,29,32). The molecule has 5 nitrogen and oxygen atoms in total. The van der Waals surface area contributed by atoms with Gasteiger partial charge in [-0.3, -0.25) is 14.2 Å². The monoisotopic (exact) mass is 487 g/mol. The van der Waals surface area contributed by atoms with E-state index >= 15 is 0 Å². The Labute approximate surface area is 195 Å². The molecular formula is C24H17F4N3O2S. The predicted octanol–water partition coefficient (Wildman–Crippen LogP) is 5.58. The van der Waals surface area contributed by atoms with Gasteiger partial charge in [-0.25, -0.2) is 9.37 Å². The first-order chi connectivity index (χ1) is 16.1. The predicted molar refractivity (Wildman–Crippen MR) is 123 cm³/mol. The number of hydrogen-bond donors (Lipinski definition) is 1. The molecule has 1 N–H and O–H groups in total. The second kappa shape index (κ2) is 9.30. The number of para-hydroxylation sites is 1. The number of thioether (sulfide) groups is 1. The van der Waals surface area contributed by atoms with Gasteiger partial charge < -0.3 is 5.32 Å². The van der Waals surface area contributed by atoms with Gasteiger partial charge in [-0.1, -0.05) is 36.0 Å². The largest absolute Gasteiger partial charge is 0.416 e. The number of hydrogen-bond acceptors (Lipinski definition) is 4. The Hall–Kier alpha value is -3.66. The first-order valence-corrected chi connectivity index (χ1v) is 11.0. The number of aromatic nitrogens is 2. The van der Waals surface area contributed by atoms with E-state index in [0.717, 1.165) is 28.5 Å². The number of aryl methyl sites for hydroxylation is 1. The fourth-order valence-corrected chi connectivity index (χ4v) is 4.07. The summed E-state index contributed by atoms with van der Waals surface area (Å²) in [5.74, 6) is -1.18. The molecule has 0 unspecified atom stereocenters. The van der Waals surface area contributed by atoms with Crippen molar-refractivity contribution in [2.45, 2.75) is 18.3 Å². The summed E-state index contributed by atoms with van der Waals surface area (Å²) in [6, 6.07) is 15.0. The molecular weight excluding hydrogens is 470 g/mol. The second-order valence-electron chi connectivity index (χ2n) is 7.40. The molecule has 0 saturated carbocycles. The number of fused-ring (bicyclic) bond motifs is 1. The fourth-order valence-electron chi connectivity index (χ4n) is 3.26. The highest BCUT2D eigenvalue weighted by Crippen LogP contribution is 2.31. The van der Waals surface area contributed by atoms with E-state index < -0.39 is 29.0 Å². The minimum Gasteiger partial charge on any atom is -0.325 e. The van der Waals surface area contributed by atoms with Gasteiger partial charge in [0.25, 0.3) is 5.56 Å². The molecule has 0 radical (unpaired) electrons. The number of nitrogens with zero attached hydrogens (tertiary/aromatic N) is 2. The van der Waals surface area contributed by atoms with Crippen molar-refractivity contribution < 1.29 is 22.4 Å². The minimum absolute atomic E-state index is 0.0263. The molecule has 0 atom stereocenters. The average Bonchev–Trinajstić information content (AvgIpc) is 2.80. The highest BCUT2D eigenvalue weighted by atomic mass is 32.2. The summed E-state index contributed by atoms with van der Waals surface area (Å²) in [7, 11) is 0. The Morgan fingerprint density at radius 1 is 1.06 bits per heavy atom. The first-order valence-electron chi connectivity index (χ1n) is 10.0. The van der Waals surface area contributed by atoms with E-state index in [1.165, 1.54) is 30.3 Å². The third kappa shape index (κ3) is 4.96. The van der Waals surface area contributed by atoms with Crippen LogP contribution in [0.1, 0.15) is 11.1 Å². The lowest BCUT2D eigenvalue weighted by Crippen LogP contribution is -2.23. The highest BCUT2D eigenvalue weighted by Gasteiger charge is 2.31. The van der Waals surface area contributed by atoms with Gasteiger partial charge in [0, 0.05) is 5.69 Å². The molecule has 3 aromatic carbocycles. The van der Waals surface area contributed by atoms with E-state index in [0.29, 0.717) is 11.1 Å².